The zero-order valence-corrected chi connectivity index (χ0v) is 12.8. The van der Waals surface area contributed by atoms with Crippen LogP contribution in [0.3, 0.4) is 0 Å². The van der Waals surface area contributed by atoms with Crippen LogP contribution in [-0.2, 0) is 4.74 Å². The first-order chi connectivity index (χ1) is 9.52. The van der Waals surface area contributed by atoms with Gasteiger partial charge in [-0.15, -0.1) is 0 Å². The third-order valence-electron chi connectivity index (χ3n) is 2.82. The SMILES string of the molecule is CCOC(=O)c1c(C)nsc1Nc1ccc(C)nc1C. The fourth-order valence-electron chi connectivity index (χ4n) is 1.84. The molecule has 0 aromatic carbocycles. The number of pyridine rings is 1. The fourth-order valence-corrected chi connectivity index (χ4v) is 2.64. The van der Waals surface area contributed by atoms with Gasteiger partial charge in [0.1, 0.15) is 10.6 Å². The molecule has 0 radical (unpaired) electrons. The monoisotopic (exact) mass is 291 g/mol. The largest absolute Gasteiger partial charge is 0.462 e. The summed E-state index contributed by atoms with van der Waals surface area (Å²) in [7, 11) is 0. The van der Waals surface area contributed by atoms with E-state index in [0.29, 0.717) is 22.9 Å². The number of ether oxygens (including phenoxy) is 1. The van der Waals surface area contributed by atoms with Crippen molar-refractivity contribution in [3.8, 4) is 0 Å². The smallest absolute Gasteiger partial charge is 0.343 e. The molecule has 0 amide bonds. The van der Waals surface area contributed by atoms with E-state index in [1.807, 2.05) is 26.0 Å². The van der Waals surface area contributed by atoms with Crippen LogP contribution in [0.1, 0.15) is 34.4 Å². The Balaban J connectivity index is 2.32. The molecular formula is C14H17N3O2S. The lowest BCUT2D eigenvalue weighted by atomic mass is 10.2. The minimum atomic E-state index is -0.348. The predicted molar refractivity (Wildman–Crippen MR) is 79.8 cm³/mol. The summed E-state index contributed by atoms with van der Waals surface area (Å²) < 4.78 is 9.29. The van der Waals surface area contributed by atoms with Crippen LogP contribution in [0.4, 0.5) is 10.7 Å². The minimum absolute atomic E-state index is 0.346. The number of nitrogens with zero attached hydrogens (tertiary/aromatic N) is 2. The number of aromatic nitrogens is 2. The van der Waals surface area contributed by atoms with Gasteiger partial charge in [-0.1, -0.05) is 0 Å². The van der Waals surface area contributed by atoms with E-state index >= 15 is 0 Å². The van der Waals surface area contributed by atoms with Crippen molar-refractivity contribution in [3.05, 3.63) is 34.8 Å². The van der Waals surface area contributed by atoms with Crippen molar-refractivity contribution in [1.29, 1.82) is 0 Å². The topological polar surface area (TPSA) is 64.1 Å². The fraction of sp³-hybridized carbons (Fsp3) is 0.357. The minimum Gasteiger partial charge on any atom is -0.462 e. The van der Waals surface area contributed by atoms with E-state index in [1.54, 1.807) is 13.8 Å². The normalized spacial score (nSPS) is 10.4. The molecule has 0 bridgehead atoms. The molecule has 106 valence electrons. The second-order valence-corrected chi connectivity index (χ2v) is 5.18. The average molecular weight is 291 g/mol. The number of esters is 1. The highest BCUT2D eigenvalue weighted by molar-refractivity contribution is 7.10. The van der Waals surface area contributed by atoms with Crippen molar-refractivity contribution < 1.29 is 9.53 Å². The van der Waals surface area contributed by atoms with Crippen molar-refractivity contribution in [2.45, 2.75) is 27.7 Å². The molecule has 0 fully saturated rings. The summed E-state index contributed by atoms with van der Waals surface area (Å²) in [4.78, 5) is 16.4. The number of hydrogen-bond acceptors (Lipinski definition) is 6. The summed E-state index contributed by atoms with van der Waals surface area (Å²) in [6.07, 6.45) is 0. The number of carbonyl (C=O) groups excluding carboxylic acids is 1. The summed E-state index contributed by atoms with van der Waals surface area (Å²) >= 11 is 1.25. The molecule has 2 aromatic rings. The summed E-state index contributed by atoms with van der Waals surface area (Å²) in [5.41, 5.74) is 3.88. The van der Waals surface area contributed by atoms with Gasteiger partial charge in [-0.25, -0.2) is 4.79 Å². The maximum Gasteiger partial charge on any atom is 0.343 e. The van der Waals surface area contributed by atoms with Gasteiger partial charge in [-0.2, -0.15) is 4.37 Å². The Hall–Kier alpha value is -1.95. The molecule has 0 atom stereocenters. The number of aryl methyl sites for hydroxylation is 3. The zero-order chi connectivity index (χ0) is 14.7. The Bertz CT molecular complexity index is 637. The lowest BCUT2D eigenvalue weighted by Crippen LogP contribution is -2.08. The van der Waals surface area contributed by atoms with Crippen molar-refractivity contribution in [2.24, 2.45) is 0 Å². The van der Waals surface area contributed by atoms with Gasteiger partial charge in [-0.3, -0.25) is 4.98 Å². The Kier molecular flexibility index (Phi) is 4.34. The molecule has 2 heterocycles. The van der Waals surface area contributed by atoms with Gasteiger partial charge in [0.15, 0.2) is 0 Å². The Morgan fingerprint density at radius 2 is 2.05 bits per heavy atom. The first-order valence-corrected chi connectivity index (χ1v) is 7.15. The van der Waals surface area contributed by atoms with Gasteiger partial charge in [-0.05, 0) is 51.4 Å². The van der Waals surface area contributed by atoms with Crippen LogP contribution < -0.4 is 5.32 Å². The molecule has 0 unspecified atom stereocenters. The molecule has 0 aliphatic rings. The number of carbonyl (C=O) groups is 1. The van der Waals surface area contributed by atoms with E-state index in [-0.39, 0.29) is 5.97 Å². The van der Waals surface area contributed by atoms with Crippen LogP contribution in [0.15, 0.2) is 12.1 Å². The van der Waals surface area contributed by atoms with Crippen LogP contribution in [0, 0.1) is 20.8 Å². The van der Waals surface area contributed by atoms with E-state index in [1.165, 1.54) is 11.5 Å². The van der Waals surface area contributed by atoms with E-state index in [0.717, 1.165) is 17.1 Å². The molecule has 0 saturated carbocycles. The number of nitrogens with one attached hydrogen (secondary N) is 1. The van der Waals surface area contributed by atoms with Gasteiger partial charge in [0.05, 0.1) is 23.7 Å². The van der Waals surface area contributed by atoms with Crippen molar-refractivity contribution in [2.75, 3.05) is 11.9 Å². The summed E-state index contributed by atoms with van der Waals surface area (Å²) in [6.45, 7) is 7.80. The van der Waals surface area contributed by atoms with Gasteiger partial charge in [0.2, 0.25) is 0 Å². The van der Waals surface area contributed by atoms with E-state index in [2.05, 4.69) is 14.7 Å². The zero-order valence-electron chi connectivity index (χ0n) is 12.0. The quantitative estimate of drug-likeness (QED) is 0.875. The first-order valence-electron chi connectivity index (χ1n) is 6.37. The van der Waals surface area contributed by atoms with Crippen molar-refractivity contribution in [3.63, 3.8) is 0 Å². The van der Waals surface area contributed by atoms with Crippen molar-refractivity contribution in [1.82, 2.24) is 9.36 Å². The van der Waals surface area contributed by atoms with Crippen LogP contribution in [0.25, 0.3) is 0 Å². The molecule has 2 rings (SSSR count). The Labute approximate surface area is 122 Å². The Morgan fingerprint density at radius 3 is 2.70 bits per heavy atom. The molecule has 0 spiro atoms. The highest BCUT2D eigenvalue weighted by atomic mass is 32.1. The van der Waals surface area contributed by atoms with Gasteiger partial charge >= 0.3 is 5.97 Å². The van der Waals surface area contributed by atoms with Gasteiger partial charge in [0.25, 0.3) is 0 Å². The number of anilines is 2. The number of rotatable bonds is 4. The second kappa shape index (κ2) is 6.00. The van der Waals surface area contributed by atoms with E-state index < -0.39 is 0 Å². The average Bonchev–Trinajstić information content (AvgIpc) is 2.74. The van der Waals surface area contributed by atoms with E-state index in [9.17, 15) is 4.79 Å². The highest BCUT2D eigenvalue weighted by Gasteiger charge is 2.20. The maximum absolute atomic E-state index is 12.0. The summed E-state index contributed by atoms with van der Waals surface area (Å²) in [6, 6.07) is 3.87. The summed E-state index contributed by atoms with van der Waals surface area (Å²) in [5.74, 6) is -0.348. The third kappa shape index (κ3) is 2.96. The Morgan fingerprint density at radius 1 is 1.30 bits per heavy atom. The molecule has 2 aromatic heterocycles. The number of hydrogen-bond donors (Lipinski definition) is 1. The molecule has 0 aliphatic heterocycles. The molecule has 0 aliphatic carbocycles. The lowest BCUT2D eigenvalue weighted by Gasteiger charge is -2.09. The van der Waals surface area contributed by atoms with Gasteiger partial charge < -0.3 is 10.1 Å². The lowest BCUT2D eigenvalue weighted by molar-refractivity contribution is 0.0527. The van der Waals surface area contributed by atoms with Crippen LogP contribution in [-0.4, -0.2) is 21.9 Å². The van der Waals surface area contributed by atoms with E-state index in [4.69, 9.17) is 4.74 Å². The standard InChI is InChI=1S/C14H17N3O2S/c1-5-19-14(18)12-10(4)17-20-13(12)16-11-7-6-8(2)15-9(11)3/h6-7,16H,5H2,1-4H3. The molecule has 6 heteroatoms. The molecule has 20 heavy (non-hydrogen) atoms. The third-order valence-corrected chi connectivity index (χ3v) is 3.67. The molecule has 5 nitrogen and oxygen atoms in total. The molecule has 0 saturated heterocycles. The van der Waals surface area contributed by atoms with Crippen molar-refractivity contribution >= 4 is 28.2 Å². The second-order valence-electron chi connectivity index (χ2n) is 4.40. The summed E-state index contributed by atoms with van der Waals surface area (Å²) in [5, 5.41) is 3.91. The van der Waals surface area contributed by atoms with Gasteiger partial charge in [0, 0.05) is 5.69 Å². The maximum atomic E-state index is 12.0. The van der Waals surface area contributed by atoms with Crippen LogP contribution in [0.2, 0.25) is 0 Å². The van der Waals surface area contributed by atoms with Crippen LogP contribution in [0.5, 0.6) is 0 Å². The predicted octanol–water partition coefficient (Wildman–Crippen LogP) is 3.38. The molecule has 1 N–H and O–H groups in total. The van der Waals surface area contributed by atoms with Crippen LogP contribution >= 0.6 is 11.5 Å². The molecular weight excluding hydrogens is 274 g/mol. The first kappa shape index (κ1) is 14.5. The highest BCUT2D eigenvalue weighted by Crippen LogP contribution is 2.29.